The molecule has 3 heterocycles. The number of likely N-dealkylation sites (tertiary alicyclic amines) is 1. The smallest absolute Gasteiger partial charge is 0.227 e. The molecular weight excluding hydrogens is 436 g/mol. The second-order valence-electron chi connectivity index (χ2n) is 9.35. The van der Waals surface area contributed by atoms with Gasteiger partial charge in [0.1, 0.15) is 12.4 Å². The Labute approximate surface area is 202 Å². The van der Waals surface area contributed by atoms with Gasteiger partial charge in [-0.25, -0.2) is 0 Å². The number of para-hydroxylation sites is 1. The second kappa shape index (κ2) is 10.7. The molecule has 0 bridgehead atoms. The molecule has 0 spiro atoms. The van der Waals surface area contributed by atoms with Crippen molar-refractivity contribution in [2.24, 2.45) is 5.92 Å². The van der Waals surface area contributed by atoms with Crippen molar-refractivity contribution in [2.75, 3.05) is 37.7 Å². The molecule has 5 rings (SSSR count). The highest BCUT2D eigenvalue weighted by Gasteiger charge is 2.32. The minimum Gasteiger partial charge on any atom is -0.492 e. The first-order chi connectivity index (χ1) is 15.7. The van der Waals surface area contributed by atoms with Crippen LogP contribution in [0.5, 0.6) is 5.75 Å². The van der Waals surface area contributed by atoms with Gasteiger partial charge in [-0.2, -0.15) is 0 Å². The number of benzene rings is 2. The van der Waals surface area contributed by atoms with Gasteiger partial charge < -0.3 is 9.64 Å². The van der Waals surface area contributed by atoms with Gasteiger partial charge >= 0.3 is 0 Å². The predicted octanol–water partition coefficient (Wildman–Crippen LogP) is 4.70. The van der Waals surface area contributed by atoms with Gasteiger partial charge in [-0.15, -0.1) is 12.4 Å². The van der Waals surface area contributed by atoms with Gasteiger partial charge in [0, 0.05) is 31.5 Å². The summed E-state index contributed by atoms with van der Waals surface area (Å²) in [6.45, 7) is 4.62. The van der Waals surface area contributed by atoms with Crippen LogP contribution in [0.15, 0.2) is 42.5 Å². The molecule has 0 unspecified atom stereocenters. The fourth-order valence-corrected chi connectivity index (χ4v) is 5.41. The number of carbonyl (C=O) groups excluding carboxylic acids is 2. The zero-order valence-corrected chi connectivity index (χ0v) is 19.9. The fraction of sp³-hybridized carbons (Fsp3) is 0.481. The predicted molar refractivity (Wildman–Crippen MR) is 133 cm³/mol. The molecule has 3 aliphatic heterocycles. The Kier molecular flexibility index (Phi) is 7.71. The molecular formula is C27H33ClN2O3. The van der Waals surface area contributed by atoms with Crippen LogP contribution < -0.4 is 9.64 Å². The molecule has 0 atom stereocenters. The number of piperidine rings is 1. The molecule has 0 aliphatic carbocycles. The van der Waals surface area contributed by atoms with E-state index in [1.165, 1.54) is 11.1 Å². The molecule has 2 aromatic rings. The van der Waals surface area contributed by atoms with Crippen molar-refractivity contribution in [1.29, 1.82) is 0 Å². The topological polar surface area (TPSA) is 49.9 Å². The number of hydrogen-bond donors (Lipinski definition) is 0. The average molecular weight is 469 g/mol. The van der Waals surface area contributed by atoms with E-state index < -0.39 is 0 Å². The quantitative estimate of drug-likeness (QED) is 0.527. The second-order valence-corrected chi connectivity index (χ2v) is 9.35. The average Bonchev–Trinajstić information content (AvgIpc) is 3.27. The first-order valence-corrected chi connectivity index (χ1v) is 12.1. The van der Waals surface area contributed by atoms with Crippen molar-refractivity contribution in [1.82, 2.24) is 4.90 Å². The normalized spacial score (nSPS) is 18.1. The maximum Gasteiger partial charge on any atom is 0.227 e. The highest BCUT2D eigenvalue weighted by atomic mass is 35.5. The third-order valence-electron chi connectivity index (χ3n) is 7.28. The van der Waals surface area contributed by atoms with Crippen molar-refractivity contribution in [3.63, 3.8) is 0 Å². The van der Waals surface area contributed by atoms with E-state index in [4.69, 9.17) is 4.74 Å². The molecule has 1 saturated heterocycles. The van der Waals surface area contributed by atoms with Crippen molar-refractivity contribution in [3.8, 4) is 5.75 Å². The van der Waals surface area contributed by atoms with Crippen LogP contribution in [0.3, 0.4) is 0 Å². The zero-order valence-electron chi connectivity index (χ0n) is 19.1. The molecule has 3 aliphatic rings. The summed E-state index contributed by atoms with van der Waals surface area (Å²) in [5.74, 6) is 2.05. The number of hydrogen-bond acceptors (Lipinski definition) is 4. The van der Waals surface area contributed by atoms with Gasteiger partial charge in [0.05, 0.1) is 5.69 Å². The zero-order chi connectivity index (χ0) is 21.9. The Hall–Kier alpha value is -2.37. The van der Waals surface area contributed by atoms with Crippen molar-refractivity contribution >= 4 is 29.8 Å². The molecule has 1 fully saturated rings. The van der Waals surface area contributed by atoms with Crippen molar-refractivity contribution in [2.45, 2.75) is 44.9 Å². The largest absolute Gasteiger partial charge is 0.492 e. The van der Waals surface area contributed by atoms with Crippen LogP contribution >= 0.6 is 12.4 Å². The summed E-state index contributed by atoms with van der Waals surface area (Å²) in [5.41, 5.74) is 4.32. The molecule has 1 amide bonds. The summed E-state index contributed by atoms with van der Waals surface area (Å²) < 4.78 is 5.82. The van der Waals surface area contributed by atoms with E-state index in [0.29, 0.717) is 18.8 Å². The molecule has 0 saturated carbocycles. The molecule has 176 valence electrons. The Balaban J connectivity index is 0.00000259. The number of amides is 1. The Morgan fingerprint density at radius 2 is 1.70 bits per heavy atom. The van der Waals surface area contributed by atoms with Gasteiger partial charge in [-0.3, -0.25) is 14.5 Å². The summed E-state index contributed by atoms with van der Waals surface area (Å²) >= 11 is 0. The molecule has 2 aromatic carbocycles. The van der Waals surface area contributed by atoms with E-state index in [2.05, 4.69) is 17.0 Å². The van der Waals surface area contributed by atoms with Crippen molar-refractivity contribution < 1.29 is 14.3 Å². The summed E-state index contributed by atoms with van der Waals surface area (Å²) in [6.07, 6.45) is 6.13. The SMILES string of the molecule is Cl.O=C(CCC1CCN(CCOc2ccccc2)CC1)c1cc2c3c(c1)CCN3C(=O)CC2. The number of nitrogens with zero attached hydrogens (tertiary/aromatic N) is 2. The number of Topliss-reactive ketones (excluding diaryl/α,β-unsaturated/α-hetero) is 1. The standard InChI is InChI=1S/C27H32N2O3.ClH/c30-25(23-18-21-7-9-26(31)29-15-12-22(19-23)27(21)29)8-6-20-10-13-28(14-11-20)16-17-32-24-4-2-1-3-5-24;/h1-5,18-20H,6-17H2;1H. The van der Waals surface area contributed by atoms with Crippen LogP contribution in [-0.4, -0.2) is 49.4 Å². The van der Waals surface area contributed by atoms with E-state index in [-0.39, 0.29) is 24.1 Å². The van der Waals surface area contributed by atoms with Gasteiger partial charge in [0.15, 0.2) is 5.78 Å². The van der Waals surface area contributed by atoms with E-state index >= 15 is 0 Å². The Morgan fingerprint density at radius 3 is 2.45 bits per heavy atom. The molecule has 5 nitrogen and oxygen atoms in total. The Morgan fingerprint density at radius 1 is 0.970 bits per heavy atom. The third kappa shape index (κ3) is 5.42. The maximum absolute atomic E-state index is 13.0. The van der Waals surface area contributed by atoms with Crippen LogP contribution in [0.1, 0.15) is 53.6 Å². The number of ketones is 1. The lowest BCUT2D eigenvalue weighted by molar-refractivity contribution is -0.118. The molecule has 6 heteroatoms. The van der Waals surface area contributed by atoms with Gasteiger partial charge in [-0.05, 0) is 86.5 Å². The lowest BCUT2D eigenvalue weighted by Gasteiger charge is -2.31. The molecule has 0 aromatic heterocycles. The fourth-order valence-electron chi connectivity index (χ4n) is 5.41. The number of halogens is 1. The van der Waals surface area contributed by atoms with Gasteiger partial charge in [-0.1, -0.05) is 18.2 Å². The van der Waals surface area contributed by atoms with Crippen LogP contribution in [0.25, 0.3) is 0 Å². The lowest BCUT2D eigenvalue weighted by atomic mass is 9.89. The van der Waals surface area contributed by atoms with Gasteiger partial charge in [0.2, 0.25) is 5.91 Å². The summed E-state index contributed by atoms with van der Waals surface area (Å²) in [6, 6.07) is 14.1. The first-order valence-electron chi connectivity index (χ1n) is 12.1. The van der Waals surface area contributed by atoms with E-state index in [9.17, 15) is 9.59 Å². The monoisotopic (exact) mass is 468 g/mol. The van der Waals surface area contributed by atoms with E-state index in [0.717, 1.165) is 81.9 Å². The van der Waals surface area contributed by atoms with Gasteiger partial charge in [0.25, 0.3) is 0 Å². The maximum atomic E-state index is 13.0. The molecule has 0 N–H and O–H groups in total. The van der Waals surface area contributed by atoms with Crippen molar-refractivity contribution in [3.05, 3.63) is 59.2 Å². The number of rotatable bonds is 8. The van der Waals surface area contributed by atoms with Crippen LogP contribution in [0, 0.1) is 5.92 Å². The Bertz CT molecular complexity index is 986. The van der Waals surface area contributed by atoms with Crippen LogP contribution in [0.4, 0.5) is 5.69 Å². The summed E-state index contributed by atoms with van der Waals surface area (Å²) in [5, 5.41) is 0. The van der Waals surface area contributed by atoms with Crippen LogP contribution in [0.2, 0.25) is 0 Å². The number of ether oxygens (including phenoxy) is 1. The van der Waals surface area contributed by atoms with Crippen LogP contribution in [-0.2, 0) is 17.6 Å². The first kappa shape index (κ1) is 23.8. The number of carbonyl (C=O) groups is 2. The number of aryl methyl sites for hydroxylation is 1. The molecule has 0 radical (unpaired) electrons. The summed E-state index contributed by atoms with van der Waals surface area (Å²) in [7, 11) is 0. The third-order valence-corrected chi connectivity index (χ3v) is 7.28. The lowest BCUT2D eigenvalue weighted by Crippen LogP contribution is -2.36. The van der Waals surface area contributed by atoms with E-state index in [1.54, 1.807) is 0 Å². The minimum atomic E-state index is 0. The highest BCUT2D eigenvalue weighted by Crippen LogP contribution is 2.38. The summed E-state index contributed by atoms with van der Waals surface area (Å²) in [4.78, 5) is 29.5. The number of anilines is 1. The molecule has 33 heavy (non-hydrogen) atoms. The van der Waals surface area contributed by atoms with E-state index in [1.807, 2.05) is 35.2 Å². The highest BCUT2D eigenvalue weighted by molar-refractivity contribution is 6.02. The minimum absolute atomic E-state index is 0.